The second kappa shape index (κ2) is 8.13. The van der Waals surface area contributed by atoms with Crippen LogP contribution in [-0.2, 0) is 17.6 Å². The molecule has 1 atom stereocenters. The van der Waals surface area contributed by atoms with Crippen molar-refractivity contribution in [3.8, 4) is 17.2 Å². The fraction of sp³-hybridized carbons (Fsp3) is 0.381. The summed E-state index contributed by atoms with van der Waals surface area (Å²) in [7, 11) is 3.14. The lowest BCUT2D eigenvalue weighted by atomic mass is 9.91. The number of amides is 1. The minimum Gasteiger partial charge on any atom is -0.493 e. The van der Waals surface area contributed by atoms with E-state index >= 15 is 0 Å². The van der Waals surface area contributed by atoms with E-state index in [4.69, 9.17) is 14.2 Å². The van der Waals surface area contributed by atoms with Crippen LogP contribution in [0.25, 0.3) is 0 Å². The fourth-order valence-corrected chi connectivity index (χ4v) is 3.26. The van der Waals surface area contributed by atoms with Crippen molar-refractivity contribution in [1.82, 2.24) is 0 Å². The molecule has 5 heteroatoms. The van der Waals surface area contributed by atoms with Crippen molar-refractivity contribution in [2.45, 2.75) is 38.7 Å². The van der Waals surface area contributed by atoms with Crippen LogP contribution in [0.3, 0.4) is 0 Å². The Morgan fingerprint density at radius 1 is 1.00 bits per heavy atom. The van der Waals surface area contributed by atoms with Gasteiger partial charge >= 0.3 is 0 Å². The molecule has 0 saturated carbocycles. The van der Waals surface area contributed by atoms with Gasteiger partial charge in [0.15, 0.2) is 17.6 Å². The lowest BCUT2D eigenvalue weighted by molar-refractivity contribution is -0.122. The van der Waals surface area contributed by atoms with Gasteiger partial charge in [-0.05, 0) is 61.9 Å². The number of ether oxygens (including phenoxy) is 3. The van der Waals surface area contributed by atoms with E-state index in [1.165, 1.54) is 24.0 Å². The number of hydrogen-bond acceptors (Lipinski definition) is 4. The first-order chi connectivity index (χ1) is 12.6. The molecule has 1 N–H and O–H groups in total. The normalized spacial score (nSPS) is 14.1. The van der Waals surface area contributed by atoms with E-state index in [2.05, 4.69) is 11.4 Å². The van der Waals surface area contributed by atoms with E-state index in [1.54, 1.807) is 39.3 Å². The number of fused-ring (bicyclic) bond motifs is 1. The Balaban J connectivity index is 1.69. The molecular formula is C21H25NO4. The lowest BCUT2D eigenvalue weighted by Crippen LogP contribution is -2.30. The van der Waals surface area contributed by atoms with Crippen LogP contribution in [0, 0.1) is 0 Å². The summed E-state index contributed by atoms with van der Waals surface area (Å²) >= 11 is 0. The predicted molar refractivity (Wildman–Crippen MR) is 101 cm³/mol. The Bertz CT molecular complexity index is 788. The molecule has 138 valence electrons. The highest BCUT2D eigenvalue weighted by atomic mass is 16.5. The van der Waals surface area contributed by atoms with Gasteiger partial charge in [-0.25, -0.2) is 0 Å². The average molecular weight is 355 g/mol. The van der Waals surface area contributed by atoms with Gasteiger partial charge in [-0.1, -0.05) is 12.1 Å². The van der Waals surface area contributed by atoms with Gasteiger partial charge in [0.2, 0.25) is 0 Å². The van der Waals surface area contributed by atoms with Gasteiger partial charge in [0, 0.05) is 11.8 Å². The molecule has 1 aliphatic rings. The molecule has 0 saturated heterocycles. The molecule has 0 radical (unpaired) electrons. The third-order valence-corrected chi connectivity index (χ3v) is 4.68. The van der Waals surface area contributed by atoms with Crippen molar-refractivity contribution in [1.29, 1.82) is 0 Å². The molecule has 26 heavy (non-hydrogen) atoms. The molecule has 0 unspecified atom stereocenters. The SMILES string of the molecule is COc1ccc(NC(=O)[C@H](C)Oc2cccc3c2CCCC3)cc1OC. The van der Waals surface area contributed by atoms with Crippen molar-refractivity contribution >= 4 is 11.6 Å². The predicted octanol–water partition coefficient (Wildman–Crippen LogP) is 3.99. The summed E-state index contributed by atoms with van der Waals surface area (Å²) in [6.07, 6.45) is 3.87. The number of benzene rings is 2. The number of carbonyl (C=O) groups excluding carboxylic acids is 1. The molecule has 2 aromatic carbocycles. The van der Waals surface area contributed by atoms with Crippen molar-refractivity contribution in [3.63, 3.8) is 0 Å². The van der Waals surface area contributed by atoms with Crippen LogP contribution in [0.1, 0.15) is 30.9 Å². The number of methoxy groups -OCH3 is 2. The highest BCUT2D eigenvalue weighted by molar-refractivity contribution is 5.94. The summed E-state index contributed by atoms with van der Waals surface area (Å²) in [6.45, 7) is 1.76. The van der Waals surface area contributed by atoms with Crippen molar-refractivity contribution in [2.24, 2.45) is 0 Å². The van der Waals surface area contributed by atoms with E-state index in [1.807, 2.05) is 12.1 Å². The zero-order chi connectivity index (χ0) is 18.5. The number of nitrogens with one attached hydrogen (secondary N) is 1. The Labute approximate surface area is 154 Å². The summed E-state index contributed by atoms with van der Waals surface area (Å²) in [5.41, 5.74) is 3.21. The van der Waals surface area contributed by atoms with E-state index in [9.17, 15) is 4.79 Å². The number of anilines is 1. The maximum absolute atomic E-state index is 12.5. The number of carbonyl (C=O) groups is 1. The van der Waals surface area contributed by atoms with Gasteiger partial charge in [-0.2, -0.15) is 0 Å². The molecule has 3 rings (SSSR count). The Hall–Kier alpha value is -2.69. The van der Waals surface area contributed by atoms with Gasteiger partial charge in [-0.3, -0.25) is 4.79 Å². The summed E-state index contributed by atoms with van der Waals surface area (Å²) in [5.74, 6) is 1.80. The van der Waals surface area contributed by atoms with Crippen LogP contribution in [0.4, 0.5) is 5.69 Å². The third kappa shape index (κ3) is 3.93. The van der Waals surface area contributed by atoms with E-state index in [0.29, 0.717) is 17.2 Å². The Morgan fingerprint density at radius 2 is 1.77 bits per heavy atom. The number of rotatable bonds is 6. The molecular weight excluding hydrogens is 330 g/mol. The first-order valence-electron chi connectivity index (χ1n) is 8.92. The summed E-state index contributed by atoms with van der Waals surface area (Å²) < 4.78 is 16.5. The van der Waals surface area contributed by atoms with Crippen molar-refractivity contribution < 1.29 is 19.0 Å². The molecule has 0 heterocycles. The monoisotopic (exact) mass is 355 g/mol. The van der Waals surface area contributed by atoms with Gasteiger partial charge in [-0.15, -0.1) is 0 Å². The van der Waals surface area contributed by atoms with E-state index in [-0.39, 0.29) is 5.91 Å². The maximum Gasteiger partial charge on any atom is 0.265 e. The van der Waals surface area contributed by atoms with E-state index in [0.717, 1.165) is 18.6 Å². The first kappa shape index (κ1) is 18.1. The highest BCUT2D eigenvalue weighted by Crippen LogP contribution is 2.31. The lowest BCUT2D eigenvalue weighted by Gasteiger charge is -2.22. The van der Waals surface area contributed by atoms with Crippen LogP contribution >= 0.6 is 0 Å². The quantitative estimate of drug-likeness (QED) is 0.851. The first-order valence-corrected chi connectivity index (χ1v) is 8.92. The minimum absolute atomic E-state index is 0.203. The topological polar surface area (TPSA) is 56.8 Å². The fourth-order valence-electron chi connectivity index (χ4n) is 3.26. The highest BCUT2D eigenvalue weighted by Gasteiger charge is 2.20. The average Bonchev–Trinajstić information content (AvgIpc) is 2.68. The smallest absolute Gasteiger partial charge is 0.265 e. The Morgan fingerprint density at radius 3 is 2.54 bits per heavy atom. The van der Waals surface area contributed by atoms with Crippen LogP contribution in [0.5, 0.6) is 17.2 Å². The van der Waals surface area contributed by atoms with Crippen LogP contribution in [-0.4, -0.2) is 26.2 Å². The standard InChI is InChI=1S/C21H25NO4/c1-14(26-18-10-6-8-15-7-4-5-9-17(15)18)21(23)22-16-11-12-19(24-2)20(13-16)25-3/h6,8,10-14H,4-5,7,9H2,1-3H3,(H,22,23)/t14-/m0/s1. The van der Waals surface area contributed by atoms with Crippen molar-refractivity contribution in [3.05, 3.63) is 47.5 Å². The number of aryl methyl sites for hydroxylation is 1. The molecule has 0 spiro atoms. The molecule has 2 aromatic rings. The zero-order valence-corrected chi connectivity index (χ0v) is 15.5. The summed E-state index contributed by atoms with van der Waals surface area (Å²) in [5, 5.41) is 2.87. The molecule has 0 aromatic heterocycles. The molecule has 0 fully saturated rings. The molecule has 0 bridgehead atoms. The minimum atomic E-state index is -0.600. The zero-order valence-electron chi connectivity index (χ0n) is 15.5. The third-order valence-electron chi connectivity index (χ3n) is 4.68. The van der Waals surface area contributed by atoms with E-state index < -0.39 is 6.10 Å². The molecule has 5 nitrogen and oxygen atoms in total. The van der Waals surface area contributed by atoms with Crippen LogP contribution < -0.4 is 19.5 Å². The van der Waals surface area contributed by atoms with Crippen LogP contribution in [0.15, 0.2) is 36.4 Å². The van der Waals surface area contributed by atoms with Gasteiger partial charge in [0.1, 0.15) is 5.75 Å². The second-order valence-corrected chi connectivity index (χ2v) is 6.42. The second-order valence-electron chi connectivity index (χ2n) is 6.42. The summed E-state index contributed by atoms with van der Waals surface area (Å²) in [4.78, 5) is 12.5. The molecule has 0 aliphatic heterocycles. The summed E-state index contributed by atoms with van der Waals surface area (Å²) in [6, 6.07) is 11.4. The largest absolute Gasteiger partial charge is 0.493 e. The molecule has 1 aliphatic carbocycles. The molecule has 1 amide bonds. The van der Waals surface area contributed by atoms with Gasteiger partial charge in [0.05, 0.1) is 14.2 Å². The maximum atomic E-state index is 12.5. The van der Waals surface area contributed by atoms with Crippen molar-refractivity contribution in [2.75, 3.05) is 19.5 Å². The van der Waals surface area contributed by atoms with Gasteiger partial charge < -0.3 is 19.5 Å². The Kier molecular flexibility index (Phi) is 5.66. The number of hydrogen-bond donors (Lipinski definition) is 1. The van der Waals surface area contributed by atoms with Crippen LogP contribution in [0.2, 0.25) is 0 Å². The van der Waals surface area contributed by atoms with Gasteiger partial charge in [0.25, 0.3) is 5.91 Å².